The van der Waals surface area contributed by atoms with Crippen LogP contribution in [0.2, 0.25) is 0 Å². The van der Waals surface area contributed by atoms with Gasteiger partial charge in [-0.05, 0) is 32.9 Å². The van der Waals surface area contributed by atoms with E-state index < -0.39 is 17.7 Å². The monoisotopic (exact) mass is 360 g/mol. The highest BCUT2D eigenvalue weighted by molar-refractivity contribution is 6.08. The molecule has 2 aliphatic rings. The summed E-state index contributed by atoms with van der Waals surface area (Å²) >= 11 is 0. The summed E-state index contributed by atoms with van der Waals surface area (Å²) in [6, 6.07) is 3.11. The van der Waals surface area contributed by atoms with Gasteiger partial charge in [-0.1, -0.05) is 0 Å². The van der Waals surface area contributed by atoms with Crippen molar-refractivity contribution in [2.75, 3.05) is 6.79 Å². The van der Waals surface area contributed by atoms with Gasteiger partial charge in [0.1, 0.15) is 29.3 Å². The van der Waals surface area contributed by atoms with Gasteiger partial charge in [0.05, 0.1) is 5.56 Å². The van der Waals surface area contributed by atoms with E-state index >= 15 is 0 Å². The van der Waals surface area contributed by atoms with E-state index in [9.17, 15) is 14.7 Å². The van der Waals surface area contributed by atoms with Crippen LogP contribution in [0.4, 0.5) is 4.79 Å². The normalized spacial score (nSPS) is 15.0. The molecule has 0 bridgehead atoms. The van der Waals surface area contributed by atoms with Crippen LogP contribution in [-0.4, -0.2) is 29.6 Å². The van der Waals surface area contributed by atoms with Gasteiger partial charge in [-0.2, -0.15) is 0 Å². The zero-order valence-electron chi connectivity index (χ0n) is 14.4. The van der Waals surface area contributed by atoms with E-state index in [1.165, 1.54) is 6.07 Å². The minimum absolute atomic E-state index is 0.0325. The Bertz CT molecular complexity index is 954. The molecule has 8 heteroatoms. The second-order valence-electron chi connectivity index (χ2n) is 6.92. The van der Waals surface area contributed by atoms with Crippen molar-refractivity contribution < 1.29 is 38.4 Å². The Kier molecular flexibility index (Phi) is 3.40. The van der Waals surface area contributed by atoms with Crippen LogP contribution < -0.4 is 14.2 Å². The lowest BCUT2D eigenvalue weighted by Gasteiger charge is -2.20. The minimum Gasteiger partial charge on any atom is -0.506 e. The quantitative estimate of drug-likeness (QED) is 0.611. The van der Waals surface area contributed by atoms with Crippen molar-refractivity contribution in [3.8, 4) is 23.0 Å². The molecule has 0 unspecified atom stereocenters. The lowest BCUT2D eigenvalue weighted by Crippen LogP contribution is -2.26. The second kappa shape index (κ2) is 5.42. The third-order valence-electron chi connectivity index (χ3n) is 3.95. The Balaban J connectivity index is 1.91. The first-order valence-electron chi connectivity index (χ1n) is 7.94. The van der Waals surface area contributed by atoms with Gasteiger partial charge in [-0.15, -0.1) is 0 Å². The van der Waals surface area contributed by atoms with E-state index in [1.807, 2.05) is 0 Å². The number of cyclic esters (lactones) is 1. The molecule has 0 fully saturated rings. The number of ether oxygens (including phenoxy) is 5. The molecule has 2 aliphatic heterocycles. The van der Waals surface area contributed by atoms with Gasteiger partial charge in [0.25, 0.3) is 0 Å². The van der Waals surface area contributed by atoms with Gasteiger partial charge >= 0.3 is 12.1 Å². The number of hydrogen-bond donors (Lipinski definition) is 1. The van der Waals surface area contributed by atoms with Crippen molar-refractivity contribution in [1.82, 2.24) is 0 Å². The zero-order valence-corrected chi connectivity index (χ0v) is 14.4. The van der Waals surface area contributed by atoms with Crippen LogP contribution in [0.5, 0.6) is 23.0 Å². The van der Waals surface area contributed by atoms with Crippen LogP contribution in [-0.2, 0) is 16.1 Å². The summed E-state index contributed by atoms with van der Waals surface area (Å²) in [5, 5.41) is 11.2. The topological polar surface area (TPSA) is 101 Å². The molecule has 0 amide bonds. The van der Waals surface area contributed by atoms with Crippen LogP contribution in [0.15, 0.2) is 12.1 Å². The van der Waals surface area contributed by atoms with Gasteiger partial charge in [0.15, 0.2) is 11.5 Å². The molecule has 0 radical (unpaired) electrons. The first-order chi connectivity index (χ1) is 12.2. The number of benzene rings is 2. The van der Waals surface area contributed by atoms with Crippen LogP contribution in [0.25, 0.3) is 10.8 Å². The smallest absolute Gasteiger partial charge is 0.506 e. The Morgan fingerprint density at radius 2 is 1.77 bits per heavy atom. The van der Waals surface area contributed by atoms with E-state index in [0.717, 1.165) is 0 Å². The van der Waals surface area contributed by atoms with Crippen LogP contribution in [0.3, 0.4) is 0 Å². The number of rotatable bonds is 1. The van der Waals surface area contributed by atoms with E-state index in [1.54, 1.807) is 26.8 Å². The Labute approximate surface area is 148 Å². The number of phenolic OH excluding ortho intramolecular Hbond substituents is 1. The summed E-state index contributed by atoms with van der Waals surface area (Å²) in [5.41, 5.74) is -0.503. The van der Waals surface area contributed by atoms with E-state index in [-0.39, 0.29) is 41.4 Å². The van der Waals surface area contributed by atoms with Crippen molar-refractivity contribution in [1.29, 1.82) is 0 Å². The lowest BCUT2D eigenvalue weighted by atomic mass is 9.98. The standard InChI is InChI=1S/C18H16O8/c1-18(2,3)26-17(21)25-15-9-5-12-11(23-7-24-12)4-8(9)14(19)13-10(15)6-22-16(13)20/h4-5,19H,6-7H2,1-3H3. The summed E-state index contributed by atoms with van der Waals surface area (Å²) in [6.45, 7) is 5.04. The van der Waals surface area contributed by atoms with Crippen molar-refractivity contribution >= 4 is 22.9 Å². The SMILES string of the molecule is CC(C)(C)OC(=O)Oc1c2c(c(O)c3cc4c(cc13)OCO4)C(=O)OC2. The average Bonchev–Trinajstić information content (AvgIpc) is 3.14. The molecule has 0 aliphatic carbocycles. The minimum atomic E-state index is -0.927. The maximum absolute atomic E-state index is 12.2. The lowest BCUT2D eigenvalue weighted by molar-refractivity contribution is 0.0206. The number of carbonyl (C=O) groups is 2. The molecule has 0 saturated carbocycles. The third kappa shape index (κ3) is 2.54. The number of carbonyl (C=O) groups excluding carboxylic acids is 2. The first kappa shape index (κ1) is 16.3. The second-order valence-corrected chi connectivity index (χ2v) is 6.92. The molecule has 0 atom stereocenters. The van der Waals surface area contributed by atoms with E-state index in [2.05, 4.69) is 0 Å². The molecule has 26 heavy (non-hydrogen) atoms. The van der Waals surface area contributed by atoms with Crippen molar-refractivity contribution in [3.05, 3.63) is 23.3 Å². The fourth-order valence-electron chi connectivity index (χ4n) is 2.92. The van der Waals surface area contributed by atoms with Gasteiger partial charge in [0, 0.05) is 10.8 Å². The number of aromatic hydroxyl groups is 1. The van der Waals surface area contributed by atoms with Gasteiger partial charge in [-0.3, -0.25) is 0 Å². The largest absolute Gasteiger partial charge is 0.514 e. The number of fused-ring (bicyclic) bond motifs is 3. The van der Waals surface area contributed by atoms with Crippen LogP contribution in [0, 0.1) is 0 Å². The molecular formula is C18H16O8. The molecule has 2 aromatic rings. The number of esters is 1. The number of hydrogen-bond acceptors (Lipinski definition) is 8. The Morgan fingerprint density at radius 3 is 2.42 bits per heavy atom. The van der Waals surface area contributed by atoms with Crippen LogP contribution >= 0.6 is 0 Å². The molecule has 1 N–H and O–H groups in total. The molecule has 8 nitrogen and oxygen atoms in total. The maximum Gasteiger partial charge on any atom is 0.514 e. The molecule has 0 saturated heterocycles. The van der Waals surface area contributed by atoms with Crippen molar-refractivity contribution in [2.45, 2.75) is 33.0 Å². The fraction of sp³-hybridized carbons (Fsp3) is 0.333. The average molecular weight is 360 g/mol. The summed E-state index contributed by atoms with van der Waals surface area (Å²) in [7, 11) is 0. The van der Waals surface area contributed by atoms with E-state index in [4.69, 9.17) is 23.7 Å². The van der Waals surface area contributed by atoms with Gasteiger partial charge in [-0.25, -0.2) is 9.59 Å². The molecule has 4 rings (SSSR count). The summed E-state index contributed by atoms with van der Waals surface area (Å²) in [6.07, 6.45) is -0.927. The first-order valence-corrected chi connectivity index (χ1v) is 7.94. The highest BCUT2D eigenvalue weighted by Crippen LogP contribution is 2.48. The van der Waals surface area contributed by atoms with Gasteiger partial charge < -0.3 is 28.8 Å². The van der Waals surface area contributed by atoms with Crippen LogP contribution in [0.1, 0.15) is 36.7 Å². The highest BCUT2D eigenvalue weighted by atomic mass is 16.7. The molecule has 136 valence electrons. The molecule has 0 spiro atoms. The maximum atomic E-state index is 12.2. The van der Waals surface area contributed by atoms with Crippen molar-refractivity contribution in [2.24, 2.45) is 0 Å². The van der Waals surface area contributed by atoms with E-state index in [0.29, 0.717) is 16.9 Å². The Morgan fingerprint density at radius 1 is 1.12 bits per heavy atom. The Hall–Kier alpha value is -3.16. The zero-order chi connectivity index (χ0) is 18.6. The molecule has 0 aromatic heterocycles. The summed E-state index contributed by atoms with van der Waals surface area (Å²) in [5.74, 6) is 0.00288. The summed E-state index contributed by atoms with van der Waals surface area (Å²) in [4.78, 5) is 24.2. The fourth-order valence-corrected chi connectivity index (χ4v) is 2.92. The summed E-state index contributed by atoms with van der Waals surface area (Å²) < 4.78 is 26.3. The third-order valence-corrected chi connectivity index (χ3v) is 3.95. The molecular weight excluding hydrogens is 344 g/mol. The molecule has 2 aromatic carbocycles. The highest BCUT2D eigenvalue weighted by Gasteiger charge is 2.34. The van der Waals surface area contributed by atoms with Crippen molar-refractivity contribution in [3.63, 3.8) is 0 Å². The number of phenols is 1. The van der Waals surface area contributed by atoms with Gasteiger partial charge in [0.2, 0.25) is 6.79 Å². The molecule has 2 heterocycles. The predicted octanol–water partition coefficient (Wildman–Crippen LogP) is 3.26. The predicted molar refractivity (Wildman–Crippen MR) is 87.7 cm³/mol.